The predicted molar refractivity (Wildman–Crippen MR) is 87.3 cm³/mol. The van der Waals surface area contributed by atoms with Crippen LogP contribution in [0.25, 0.3) is 0 Å². The Bertz CT molecular complexity index is 360. The van der Waals surface area contributed by atoms with Crippen LogP contribution in [0, 0.1) is 0 Å². The van der Waals surface area contributed by atoms with Gasteiger partial charge in [0.2, 0.25) is 0 Å². The summed E-state index contributed by atoms with van der Waals surface area (Å²) in [7, 11) is 2.21. The molecule has 2 unspecified atom stereocenters. The summed E-state index contributed by atoms with van der Waals surface area (Å²) in [4.78, 5) is 2.46. The van der Waals surface area contributed by atoms with E-state index in [2.05, 4.69) is 72.9 Å². The summed E-state index contributed by atoms with van der Waals surface area (Å²) in [6.45, 7) is 6.67. The van der Waals surface area contributed by atoms with Gasteiger partial charge in [0.15, 0.2) is 0 Å². The molecular formula is C16H27BrN2. The van der Waals surface area contributed by atoms with E-state index in [1.807, 2.05) is 0 Å². The van der Waals surface area contributed by atoms with Gasteiger partial charge in [0.25, 0.3) is 0 Å². The highest BCUT2D eigenvalue weighted by molar-refractivity contribution is 9.10. The Labute approximate surface area is 126 Å². The zero-order chi connectivity index (χ0) is 14.4. The highest BCUT2D eigenvalue weighted by Gasteiger charge is 2.26. The standard InChI is InChI=1S/C16H27BrN2/c1-5-14(6-2)19(4)16(15(18)7-3)12-8-10-13(17)11-9-12/h8-11,14-16H,5-7,18H2,1-4H3. The topological polar surface area (TPSA) is 29.3 Å². The largest absolute Gasteiger partial charge is 0.326 e. The summed E-state index contributed by atoms with van der Waals surface area (Å²) in [6.07, 6.45) is 3.32. The van der Waals surface area contributed by atoms with E-state index in [0.717, 1.165) is 23.7 Å². The summed E-state index contributed by atoms with van der Waals surface area (Å²) in [6, 6.07) is 9.63. The normalized spacial score (nSPS) is 14.9. The second-order valence-electron chi connectivity index (χ2n) is 5.20. The van der Waals surface area contributed by atoms with E-state index in [4.69, 9.17) is 5.73 Å². The predicted octanol–water partition coefficient (Wildman–Crippen LogP) is 4.35. The first-order valence-corrected chi connectivity index (χ1v) is 8.07. The van der Waals surface area contributed by atoms with Crippen LogP contribution in [0.1, 0.15) is 51.6 Å². The summed E-state index contributed by atoms with van der Waals surface area (Å²) >= 11 is 3.50. The van der Waals surface area contributed by atoms with Gasteiger partial charge in [-0.15, -0.1) is 0 Å². The molecule has 2 nitrogen and oxygen atoms in total. The zero-order valence-corrected chi connectivity index (χ0v) is 14.2. The molecule has 108 valence electrons. The van der Waals surface area contributed by atoms with Gasteiger partial charge in [-0.25, -0.2) is 0 Å². The summed E-state index contributed by atoms with van der Waals surface area (Å²) < 4.78 is 1.12. The number of nitrogens with zero attached hydrogens (tertiary/aromatic N) is 1. The SMILES string of the molecule is CCC(N)C(c1ccc(Br)cc1)N(C)C(CC)CC. The first kappa shape index (κ1) is 16.7. The highest BCUT2D eigenvalue weighted by Crippen LogP contribution is 2.28. The lowest BCUT2D eigenvalue weighted by Gasteiger charge is -2.37. The van der Waals surface area contributed by atoms with Gasteiger partial charge < -0.3 is 5.73 Å². The Morgan fingerprint density at radius 3 is 2.00 bits per heavy atom. The second-order valence-corrected chi connectivity index (χ2v) is 6.12. The van der Waals surface area contributed by atoms with Crippen molar-refractivity contribution in [3.05, 3.63) is 34.3 Å². The van der Waals surface area contributed by atoms with Crippen LogP contribution < -0.4 is 5.73 Å². The maximum atomic E-state index is 6.38. The number of hydrogen-bond donors (Lipinski definition) is 1. The number of benzene rings is 1. The minimum absolute atomic E-state index is 0.173. The number of nitrogens with two attached hydrogens (primary N) is 1. The van der Waals surface area contributed by atoms with Crippen LogP contribution in [0.15, 0.2) is 28.7 Å². The quantitative estimate of drug-likeness (QED) is 0.807. The molecule has 0 aliphatic carbocycles. The van der Waals surface area contributed by atoms with Crippen molar-refractivity contribution in [1.82, 2.24) is 4.90 Å². The van der Waals surface area contributed by atoms with Crippen molar-refractivity contribution in [2.45, 2.75) is 58.2 Å². The molecule has 3 heteroatoms. The molecular weight excluding hydrogens is 300 g/mol. The lowest BCUT2D eigenvalue weighted by atomic mass is 9.94. The molecule has 2 N–H and O–H groups in total. The van der Waals surface area contributed by atoms with Crippen molar-refractivity contribution >= 4 is 15.9 Å². The molecule has 0 saturated heterocycles. The van der Waals surface area contributed by atoms with Crippen LogP contribution in [0.4, 0.5) is 0 Å². The Kier molecular flexibility index (Phi) is 7.05. The van der Waals surface area contributed by atoms with Gasteiger partial charge in [0, 0.05) is 22.6 Å². The fourth-order valence-electron chi connectivity index (χ4n) is 2.76. The number of likely N-dealkylation sites (N-methyl/N-ethyl adjacent to an activating group) is 1. The van der Waals surface area contributed by atoms with Crippen molar-refractivity contribution in [2.24, 2.45) is 5.73 Å². The summed E-state index contributed by atoms with van der Waals surface area (Å²) in [5.74, 6) is 0. The maximum Gasteiger partial charge on any atom is 0.0498 e. The van der Waals surface area contributed by atoms with Crippen LogP contribution in [0.2, 0.25) is 0 Å². The van der Waals surface area contributed by atoms with Gasteiger partial charge in [-0.05, 0) is 44.0 Å². The fourth-order valence-corrected chi connectivity index (χ4v) is 3.02. The maximum absolute atomic E-state index is 6.38. The molecule has 0 aliphatic heterocycles. The van der Waals surface area contributed by atoms with Gasteiger partial charge in [-0.1, -0.05) is 48.8 Å². The molecule has 0 bridgehead atoms. The van der Waals surface area contributed by atoms with Crippen molar-refractivity contribution in [2.75, 3.05) is 7.05 Å². The van der Waals surface area contributed by atoms with Crippen molar-refractivity contribution in [3.63, 3.8) is 0 Å². The van der Waals surface area contributed by atoms with E-state index < -0.39 is 0 Å². The molecule has 0 heterocycles. The van der Waals surface area contributed by atoms with Gasteiger partial charge in [-0.2, -0.15) is 0 Å². The molecule has 1 aromatic rings. The Hall–Kier alpha value is -0.380. The van der Waals surface area contributed by atoms with Crippen LogP contribution >= 0.6 is 15.9 Å². The molecule has 0 saturated carbocycles. The van der Waals surface area contributed by atoms with E-state index >= 15 is 0 Å². The molecule has 0 spiro atoms. The highest BCUT2D eigenvalue weighted by atomic mass is 79.9. The average Bonchev–Trinajstić information content (AvgIpc) is 2.42. The first-order chi connectivity index (χ1) is 9.04. The summed E-state index contributed by atoms with van der Waals surface area (Å²) in [5.41, 5.74) is 7.69. The van der Waals surface area contributed by atoms with E-state index in [0.29, 0.717) is 12.1 Å². The molecule has 1 aromatic carbocycles. The third-order valence-electron chi connectivity index (χ3n) is 4.05. The van der Waals surface area contributed by atoms with Crippen molar-refractivity contribution in [1.29, 1.82) is 0 Å². The van der Waals surface area contributed by atoms with E-state index in [9.17, 15) is 0 Å². The molecule has 1 rings (SSSR count). The number of rotatable bonds is 7. The summed E-state index contributed by atoms with van der Waals surface area (Å²) in [5, 5.41) is 0. The first-order valence-electron chi connectivity index (χ1n) is 7.28. The van der Waals surface area contributed by atoms with Gasteiger partial charge in [-0.3, -0.25) is 4.90 Å². The number of halogens is 1. The van der Waals surface area contributed by atoms with Crippen molar-refractivity contribution < 1.29 is 0 Å². The third-order valence-corrected chi connectivity index (χ3v) is 4.57. The lowest BCUT2D eigenvalue weighted by molar-refractivity contribution is 0.140. The average molecular weight is 327 g/mol. The molecule has 0 aromatic heterocycles. The van der Waals surface area contributed by atoms with E-state index in [1.54, 1.807) is 0 Å². The molecule has 0 aliphatic rings. The minimum atomic E-state index is 0.173. The molecule has 0 radical (unpaired) electrons. The van der Waals surface area contributed by atoms with Crippen LogP contribution in [0.5, 0.6) is 0 Å². The van der Waals surface area contributed by atoms with Gasteiger partial charge in [0.1, 0.15) is 0 Å². The minimum Gasteiger partial charge on any atom is -0.326 e. The molecule has 0 amide bonds. The van der Waals surface area contributed by atoms with Crippen LogP contribution in [-0.2, 0) is 0 Å². The Balaban J connectivity index is 3.03. The van der Waals surface area contributed by atoms with Crippen LogP contribution in [-0.4, -0.2) is 24.0 Å². The molecule has 2 atom stereocenters. The monoisotopic (exact) mass is 326 g/mol. The number of hydrogen-bond acceptors (Lipinski definition) is 2. The smallest absolute Gasteiger partial charge is 0.0498 e. The third kappa shape index (κ3) is 4.30. The van der Waals surface area contributed by atoms with Crippen LogP contribution in [0.3, 0.4) is 0 Å². The van der Waals surface area contributed by atoms with E-state index in [1.165, 1.54) is 5.56 Å². The lowest BCUT2D eigenvalue weighted by Crippen LogP contribution is -2.43. The zero-order valence-electron chi connectivity index (χ0n) is 12.6. The van der Waals surface area contributed by atoms with Gasteiger partial charge >= 0.3 is 0 Å². The Morgan fingerprint density at radius 1 is 1.05 bits per heavy atom. The Morgan fingerprint density at radius 2 is 1.58 bits per heavy atom. The van der Waals surface area contributed by atoms with E-state index in [-0.39, 0.29) is 6.04 Å². The molecule has 19 heavy (non-hydrogen) atoms. The van der Waals surface area contributed by atoms with Crippen molar-refractivity contribution in [3.8, 4) is 0 Å². The second kappa shape index (κ2) is 8.03. The fraction of sp³-hybridized carbons (Fsp3) is 0.625. The molecule has 0 fully saturated rings. The van der Waals surface area contributed by atoms with Gasteiger partial charge in [0.05, 0.1) is 0 Å².